The van der Waals surface area contributed by atoms with Crippen molar-refractivity contribution in [2.75, 3.05) is 26.7 Å². The molecule has 6 nitrogen and oxygen atoms in total. The number of nitrogens with one attached hydrogen (secondary N) is 1. The number of sulfonamides is 1. The lowest BCUT2D eigenvalue weighted by atomic mass is 10.3. The molecule has 0 aliphatic heterocycles. The minimum Gasteiger partial charge on any atom is -0.395 e. The van der Waals surface area contributed by atoms with Crippen LogP contribution in [-0.4, -0.2) is 51.1 Å². The third-order valence-corrected chi connectivity index (χ3v) is 4.25. The maximum atomic E-state index is 11.9. The molecular weight excluding hydrogens is 280 g/mol. The SMILES string of the molecule is CN(CCO)C(=O)CCCNS(=O)(=O)c1ccccc1. The molecule has 0 aliphatic carbocycles. The van der Waals surface area contributed by atoms with Crippen LogP contribution in [0.25, 0.3) is 0 Å². The molecule has 0 aromatic heterocycles. The standard InChI is InChI=1S/C13H20N2O4S/c1-15(10-11-16)13(17)8-5-9-14-20(18,19)12-6-3-2-4-7-12/h2-4,6-7,14,16H,5,8-11H2,1H3. The number of nitrogens with zero attached hydrogens (tertiary/aromatic N) is 1. The molecule has 0 aliphatic rings. The van der Waals surface area contributed by atoms with Crippen LogP contribution in [0.2, 0.25) is 0 Å². The molecule has 0 spiro atoms. The topological polar surface area (TPSA) is 86.7 Å². The van der Waals surface area contributed by atoms with E-state index in [1.807, 2.05) is 0 Å². The molecule has 0 radical (unpaired) electrons. The number of hydrogen-bond donors (Lipinski definition) is 2. The number of aliphatic hydroxyl groups is 1. The van der Waals surface area contributed by atoms with Gasteiger partial charge in [0.1, 0.15) is 0 Å². The van der Waals surface area contributed by atoms with E-state index in [-0.39, 0.29) is 36.9 Å². The van der Waals surface area contributed by atoms with Crippen molar-refractivity contribution in [2.45, 2.75) is 17.7 Å². The molecule has 1 amide bonds. The molecule has 7 heteroatoms. The van der Waals surface area contributed by atoms with Gasteiger partial charge in [0.05, 0.1) is 11.5 Å². The zero-order valence-corrected chi connectivity index (χ0v) is 12.3. The Labute approximate surface area is 119 Å². The molecular formula is C13H20N2O4S. The van der Waals surface area contributed by atoms with E-state index < -0.39 is 10.0 Å². The van der Waals surface area contributed by atoms with Gasteiger partial charge >= 0.3 is 0 Å². The number of hydrogen-bond acceptors (Lipinski definition) is 4. The van der Waals surface area contributed by atoms with Crippen LogP contribution in [0.3, 0.4) is 0 Å². The zero-order chi connectivity index (χ0) is 15.0. The van der Waals surface area contributed by atoms with E-state index in [9.17, 15) is 13.2 Å². The van der Waals surface area contributed by atoms with Crippen LogP contribution in [0.4, 0.5) is 0 Å². The summed E-state index contributed by atoms with van der Waals surface area (Å²) >= 11 is 0. The first-order valence-corrected chi connectivity index (χ1v) is 7.85. The van der Waals surface area contributed by atoms with Crippen molar-refractivity contribution < 1.29 is 18.3 Å². The monoisotopic (exact) mass is 300 g/mol. The van der Waals surface area contributed by atoms with E-state index >= 15 is 0 Å². The van der Waals surface area contributed by atoms with E-state index in [0.717, 1.165) is 0 Å². The molecule has 2 N–H and O–H groups in total. The molecule has 0 saturated heterocycles. The molecule has 112 valence electrons. The second-order valence-corrected chi connectivity index (χ2v) is 6.12. The third kappa shape index (κ3) is 5.28. The lowest BCUT2D eigenvalue weighted by Crippen LogP contribution is -2.30. The average molecular weight is 300 g/mol. The molecule has 0 saturated carbocycles. The molecule has 1 aromatic rings. The fraction of sp³-hybridized carbons (Fsp3) is 0.462. The smallest absolute Gasteiger partial charge is 0.240 e. The number of carbonyl (C=O) groups excluding carboxylic acids is 1. The van der Waals surface area contributed by atoms with E-state index in [1.165, 1.54) is 17.0 Å². The van der Waals surface area contributed by atoms with Gasteiger partial charge in [-0.25, -0.2) is 13.1 Å². The number of likely N-dealkylation sites (N-methyl/N-ethyl adjacent to an activating group) is 1. The number of amides is 1. The summed E-state index contributed by atoms with van der Waals surface area (Å²) in [5, 5.41) is 8.70. The average Bonchev–Trinajstić information content (AvgIpc) is 2.44. The van der Waals surface area contributed by atoms with Crippen molar-refractivity contribution >= 4 is 15.9 Å². The van der Waals surface area contributed by atoms with Gasteiger partial charge < -0.3 is 10.0 Å². The van der Waals surface area contributed by atoms with Crippen LogP contribution in [0.15, 0.2) is 35.2 Å². The van der Waals surface area contributed by atoms with Crippen molar-refractivity contribution in [3.05, 3.63) is 30.3 Å². The summed E-state index contributed by atoms with van der Waals surface area (Å²) in [6, 6.07) is 8.09. The summed E-state index contributed by atoms with van der Waals surface area (Å²) in [6.07, 6.45) is 0.661. The highest BCUT2D eigenvalue weighted by atomic mass is 32.2. The van der Waals surface area contributed by atoms with Gasteiger partial charge in [-0.3, -0.25) is 4.79 Å². The van der Waals surface area contributed by atoms with Crippen LogP contribution >= 0.6 is 0 Å². The first kappa shape index (κ1) is 16.6. The summed E-state index contributed by atoms with van der Waals surface area (Å²) in [5.41, 5.74) is 0. The van der Waals surface area contributed by atoms with Crippen molar-refractivity contribution in [1.82, 2.24) is 9.62 Å². The highest BCUT2D eigenvalue weighted by molar-refractivity contribution is 7.89. The summed E-state index contributed by atoms with van der Waals surface area (Å²) in [6.45, 7) is 0.410. The predicted molar refractivity (Wildman–Crippen MR) is 75.6 cm³/mol. The van der Waals surface area contributed by atoms with E-state index in [0.29, 0.717) is 6.42 Å². The first-order valence-electron chi connectivity index (χ1n) is 6.37. The quantitative estimate of drug-likeness (QED) is 0.671. The molecule has 0 fully saturated rings. The van der Waals surface area contributed by atoms with Gasteiger partial charge in [0.15, 0.2) is 0 Å². The van der Waals surface area contributed by atoms with Crippen LogP contribution in [0.1, 0.15) is 12.8 Å². The second-order valence-electron chi connectivity index (χ2n) is 4.35. The molecule has 1 rings (SSSR count). The van der Waals surface area contributed by atoms with E-state index in [4.69, 9.17) is 5.11 Å². The maximum absolute atomic E-state index is 11.9. The normalized spacial score (nSPS) is 11.3. The van der Waals surface area contributed by atoms with Crippen LogP contribution < -0.4 is 4.72 Å². The molecule has 0 atom stereocenters. The van der Waals surface area contributed by atoms with E-state index in [2.05, 4.69) is 4.72 Å². The summed E-state index contributed by atoms with van der Waals surface area (Å²) in [5.74, 6) is -0.113. The van der Waals surface area contributed by atoms with Crippen LogP contribution in [-0.2, 0) is 14.8 Å². The Hall–Kier alpha value is -1.44. The fourth-order valence-electron chi connectivity index (χ4n) is 1.59. The number of carbonyl (C=O) groups is 1. The molecule has 0 heterocycles. The third-order valence-electron chi connectivity index (χ3n) is 2.77. The highest BCUT2D eigenvalue weighted by Gasteiger charge is 2.13. The van der Waals surface area contributed by atoms with Gasteiger partial charge in [-0.1, -0.05) is 18.2 Å². The van der Waals surface area contributed by atoms with Gasteiger partial charge in [0, 0.05) is 26.6 Å². The van der Waals surface area contributed by atoms with Gasteiger partial charge in [0.25, 0.3) is 0 Å². The first-order chi connectivity index (χ1) is 9.47. The zero-order valence-electron chi connectivity index (χ0n) is 11.4. The lowest BCUT2D eigenvalue weighted by Gasteiger charge is -2.15. The van der Waals surface area contributed by atoms with Crippen molar-refractivity contribution in [2.24, 2.45) is 0 Å². The predicted octanol–water partition coefficient (Wildman–Crippen LogP) is 0.196. The number of rotatable bonds is 8. The number of aliphatic hydroxyl groups excluding tert-OH is 1. The summed E-state index contributed by atoms with van der Waals surface area (Å²) in [4.78, 5) is 13.2. The van der Waals surface area contributed by atoms with Crippen molar-refractivity contribution in [1.29, 1.82) is 0 Å². The van der Waals surface area contributed by atoms with Gasteiger partial charge in [-0.05, 0) is 18.6 Å². The fourth-order valence-corrected chi connectivity index (χ4v) is 2.69. The summed E-state index contributed by atoms with van der Waals surface area (Å²) < 4.78 is 26.2. The van der Waals surface area contributed by atoms with Gasteiger partial charge in [0.2, 0.25) is 15.9 Å². The Morgan fingerprint density at radius 2 is 1.95 bits per heavy atom. The lowest BCUT2D eigenvalue weighted by molar-refractivity contribution is -0.130. The van der Waals surface area contributed by atoms with E-state index in [1.54, 1.807) is 25.2 Å². The largest absolute Gasteiger partial charge is 0.395 e. The van der Waals surface area contributed by atoms with Gasteiger partial charge in [-0.2, -0.15) is 0 Å². The minimum absolute atomic E-state index is 0.0805. The minimum atomic E-state index is -3.50. The maximum Gasteiger partial charge on any atom is 0.240 e. The van der Waals surface area contributed by atoms with Crippen molar-refractivity contribution in [3.8, 4) is 0 Å². The highest BCUT2D eigenvalue weighted by Crippen LogP contribution is 2.07. The second kappa shape index (κ2) is 7.98. The summed E-state index contributed by atoms with van der Waals surface area (Å²) in [7, 11) is -1.90. The Kier molecular flexibility index (Phi) is 6.63. The van der Waals surface area contributed by atoms with Gasteiger partial charge in [-0.15, -0.1) is 0 Å². The Bertz CT molecular complexity index is 516. The molecule has 20 heavy (non-hydrogen) atoms. The molecule has 1 aromatic carbocycles. The Morgan fingerprint density at radius 3 is 2.55 bits per heavy atom. The Morgan fingerprint density at radius 1 is 1.30 bits per heavy atom. The molecule has 0 unspecified atom stereocenters. The van der Waals surface area contributed by atoms with Crippen LogP contribution in [0, 0.1) is 0 Å². The molecule has 0 bridgehead atoms. The Balaban J connectivity index is 2.36. The van der Waals surface area contributed by atoms with Crippen molar-refractivity contribution in [3.63, 3.8) is 0 Å². The van der Waals surface area contributed by atoms with Crippen LogP contribution in [0.5, 0.6) is 0 Å². The number of benzene rings is 1.